The van der Waals surface area contributed by atoms with Gasteiger partial charge in [0.1, 0.15) is 5.75 Å². The van der Waals surface area contributed by atoms with Gasteiger partial charge in [0, 0.05) is 12.1 Å². The van der Waals surface area contributed by atoms with Crippen LogP contribution in [0.4, 0.5) is 5.69 Å². The molecule has 1 saturated heterocycles. The molecule has 2 rings (SSSR count). The molecular formula is C14H21NO2. The molecule has 1 aromatic carbocycles. The minimum absolute atomic E-state index is 0.0273. The minimum Gasteiger partial charge on any atom is -0.495 e. The van der Waals surface area contributed by atoms with Crippen molar-refractivity contribution in [2.75, 3.05) is 18.6 Å². The van der Waals surface area contributed by atoms with E-state index in [1.807, 2.05) is 12.1 Å². The summed E-state index contributed by atoms with van der Waals surface area (Å²) in [6.45, 7) is 7.06. The van der Waals surface area contributed by atoms with Crippen LogP contribution in [0.5, 0.6) is 5.75 Å². The molecule has 3 nitrogen and oxygen atoms in total. The fraction of sp³-hybridized carbons (Fsp3) is 0.571. The Morgan fingerprint density at radius 3 is 2.65 bits per heavy atom. The molecule has 1 fully saturated rings. The van der Waals surface area contributed by atoms with E-state index in [1.54, 1.807) is 7.11 Å². The van der Waals surface area contributed by atoms with Crippen molar-refractivity contribution in [2.45, 2.75) is 38.8 Å². The number of hydrogen-bond donors (Lipinski definition) is 1. The van der Waals surface area contributed by atoms with E-state index < -0.39 is 0 Å². The van der Waals surface area contributed by atoms with E-state index in [2.05, 4.69) is 31.7 Å². The maximum atomic E-state index is 9.85. The summed E-state index contributed by atoms with van der Waals surface area (Å²) < 4.78 is 5.42. The summed E-state index contributed by atoms with van der Waals surface area (Å²) in [7, 11) is 1.69. The molecule has 0 bridgehead atoms. The Hall–Kier alpha value is -1.22. The van der Waals surface area contributed by atoms with Crippen LogP contribution in [0.15, 0.2) is 18.2 Å². The Kier molecular flexibility index (Phi) is 3.04. The van der Waals surface area contributed by atoms with Gasteiger partial charge in [-0.1, -0.05) is 6.07 Å². The fourth-order valence-corrected chi connectivity index (χ4v) is 2.64. The molecule has 0 aromatic heterocycles. The second-order valence-corrected chi connectivity index (χ2v) is 5.46. The van der Waals surface area contributed by atoms with Gasteiger partial charge < -0.3 is 14.7 Å². The highest BCUT2D eigenvalue weighted by Crippen LogP contribution is 2.39. The lowest BCUT2D eigenvalue weighted by atomic mass is 10.0. The maximum absolute atomic E-state index is 9.85. The molecule has 1 heterocycles. The number of β-amino-alcohol motifs (C(OH)–C–C–N with tert-alkyl or cyclic N) is 1. The topological polar surface area (TPSA) is 32.7 Å². The molecule has 0 spiro atoms. The largest absolute Gasteiger partial charge is 0.495 e. The lowest BCUT2D eigenvalue weighted by Crippen LogP contribution is -2.38. The zero-order valence-corrected chi connectivity index (χ0v) is 11.0. The minimum atomic E-state index is -0.254. The van der Waals surface area contributed by atoms with Gasteiger partial charge in [-0.15, -0.1) is 0 Å². The van der Waals surface area contributed by atoms with Crippen molar-refractivity contribution in [1.82, 2.24) is 0 Å². The summed E-state index contributed by atoms with van der Waals surface area (Å²) in [4.78, 5) is 2.24. The number of rotatable bonds is 2. The number of aliphatic hydroxyl groups excluding tert-OH is 1. The summed E-state index contributed by atoms with van der Waals surface area (Å²) in [5.41, 5.74) is 2.26. The van der Waals surface area contributed by atoms with Crippen LogP contribution in [0.25, 0.3) is 0 Å². The smallest absolute Gasteiger partial charge is 0.142 e. The molecule has 3 heteroatoms. The summed E-state index contributed by atoms with van der Waals surface area (Å²) in [5, 5.41) is 9.85. The molecule has 1 aromatic rings. The monoisotopic (exact) mass is 235 g/mol. The Labute approximate surface area is 103 Å². The zero-order valence-electron chi connectivity index (χ0n) is 11.0. The van der Waals surface area contributed by atoms with Gasteiger partial charge in [0.05, 0.1) is 18.9 Å². The van der Waals surface area contributed by atoms with Gasteiger partial charge in [0.2, 0.25) is 0 Å². The summed E-state index contributed by atoms with van der Waals surface area (Å²) in [6.07, 6.45) is 0.541. The SMILES string of the molecule is COc1ccc(C)cc1N1CC(O)CC1(C)C. The molecule has 1 unspecified atom stereocenters. The lowest BCUT2D eigenvalue weighted by Gasteiger charge is -2.34. The molecule has 0 saturated carbocycles. The van der Waals surface area contributed by atoms with Gasteiger partial charge in [0.15, 0.2) is 0 Å². The van der Waals surface area contributed by atoms with Crippen LogP contribution in [0.3, 0.4) is 0 Å². The highest BCUT2D eigenvalue weighted by molar-refractivity contribution is 5.62. The molecule has 1 atom stereocenters. The second-order valence-electron chi connectivity index (χ2n) is 5.46. The van der Waals surface area contributed by atoms with Crippen LogP contribution >= 0.6 is 0 Å². The first-order valence-corrected chi connectivity index (χ1v) is 6.04. The van der Waals surface area contributed by atoms with Crippen LogP contribution in [0, 0.1) is 6.92 Å². The first kappa shape index (κ1) is 12.2. The zero-order chi connectivity index (χ0) is 12.6. The molecule has 0 aliphatic carbocycles. The standard InChI is InChI=1S/C14H21NO2/c1-10-5-6-13(17-4)12(7-10)15-9-11(16)8-14(15,2)3/h5-7,11,16H,8-9H2,1-4H3. The first-order chi connectivity index (χ1) is 7.94. The molecule has 0 radical (unpaired) electrons. The third-order valence-electron chi connectivity index (χ3n) is 3.48. The number of benzene rings is 1. The average molecular weight is 235 g/mol. The lowest BCUT2D eigenvalue weighted by molar-refractivity contribution is 0.188. The quantitative estimate of drug-likeness (QED) is 0.854. The van der Waals surface area contributed by atoms with Gasteiger partial charge in [-0.05, 0) is 44.9 Å². The van der Waals surface area contributed by atoms with Gasteiger partial charge in [-0.3, -0.25) is 0 Å². The predicted molar refractivity (Wildman–Crippen MR) is 69.8 cm³/mol. The van der Waals surface area contributed by atoms with Crippen LogP contribution < -0.4 is 9.64 Å². The molecule has 94 valence electrons. The van der Waals surface area contributed by atoms with Crippen LogP contribution in [0.2, 0.25) is 0 Å². The Morgan fingerprint density at radius 1 is 1.41 bits per heavy atom. The van der Waals surface area contributed by atoms with Crippen molar-refractivity contribution < 1.29 is 9.84 Å². The number of ether oxygens (including phenoxy) is 1. The van der Waals surface area contributed by atoms with E-state index in [-0.39, 0.29) is 11.6 Å². The normalized spacial score (nSPS) is 22.9. The summed E-state index contributed by atoms with van der Waals surface area (Å²) in [6, 6.07) is 6.16. The molecule has 17 heavy (non-hydrogen) atoms. The van der Waals surface area contributed by atoms with Crippen LogP contribution in [-0.2, 0) is 0 Å². The van der Waals surface area contributed by atoms with E-state index >= 15 is 0 Å². The number of aliphatic hydroxyl groups is 1. The van der Waals surface area contributed by atoms with Crippen molar-refractivity contribution in [1.29, 1.82) is 0 Å². The van der Waals surface area contributed by atoms with E-state index in [1.165, 1.54) is 5.56 Å². The molecule has 1 aliphatic rings. The van der Waals surface area contributed by atoms with Crippen molar-refractivity contribution in [3.63, 3.8) is 0 Å². The van der Waals surface area contributed by atoms with E-state index in [4.69, 9.17) is 4.74 Å². The average Bonchev–Trinajstić information content (AvgIpc) is 2.51. The second kappa shape index (κ2) is 4.22. The van der Waals surface area contributed by atoms with E-state index in [9.17, 15) is 5.11 Å². The van der Waals surface area contributed by atoms with Crippen molar-refractivity contribution in [2.24, 2.45) is 0 Å². The highest BCUT2D eigenvalue weighted by atomic mass is 16.5. The molecular weight excluding hydrogens is 214 g/mol. The third kappa shape index (κ3) is 2.25. The van der Waals surface area contributed by atoms with Crippen LogP contribution in [-0.4, -0.2) is 30.4 Å². The van der Waals surface area contributed by atoms with Gasteiger partial charge in [-0.2, -0.15) is 0 Å². The Morgan fingerprint density at radius 2 is 2.12 bits per heavy atom. The van der Waals surface area contributed by atoms with E-state index in [0.717, 1.165) is 17.9 Å². The third-order valence-corrected chi connectivity index (χ3v) is 3.48. The molecule has 1 N–H and O–H groups in total. The predicted octanol–water partition coefficient (Wildman–Crippen LogP) is 2.35. The first-order valence-electron chi connectivity index (χ1n) is 6.04. The van der Waals surface area contributed by atoms with Gasteiger partial charge in [-0.25, -0.2) is 0 Å². The number of hydrogen-bond acceptors (Lipinski definition) is 3. The van der Waals surface area contributed by atoms with Crippen LogP contribution in [0.1, 0.15) is 25.8 Å². The fourth-order valence-electron chi connectivity index (χ4n) is 2.64. The Balaban J connectivity index is 2.42. The maximum Gasteiger partial charge on any atom is 0.142 e. The number of nitrogens with zero attached hydrogens (tertiary/aromatic N) is 1. The van der Waals surface area contributed by atoms with Crippen molar-refractivity contribution in [3.05, 3.63) is 23.8 Å². The van der Waals surface area contributed by atoms with Crippen molar-refractivity contribution >= 4 is 5.69 Å². The van der Waals surface area contributed by atoms with Gasteiger partial charge in [0.25, 0.3) is 0 Å². The highest BCUT2D eigenvalue weighted by Gasteiger charge is 2.38. The summed E-state index contributed by atoms with van der Waals surface area (Å²) in [5.74, 6) is 0.873. The number of aryl methyl sites for hydroxylation is 1. The summed E-state index contributed by atoms with van der Waals surface area (Å²) >= 11 is 0. The molecule has 1 aliphatic heterocycles. The number of methoxy groups -OCH3 is 1. The Bertz CT molecular complexity index is 415. The number of anilines is 1. The van der Waals surface area contributed by atoms with Crippen molar-refractivity contribution in [3.8, 4) is 5.75 Å². The molecule has 0 amide bonds. The van der Waals surface area contributed by atoms with E-state index in [0.29, 0.717) is 6.54 Å². The van der Waals surface area contributed by atoms with Gasteiger partial charge >= 0.3 is 0 Å².